The quantitative estimate of drug-likeness (QED) is 0.371. The molecule has 1 atom stereocenters. The van der Waals surface area contributed by atoms with Gasteiger partial charge in [-0.3, -0.25) is 0 Å². The number of nitrogens with one attached hydrogen (secondary N) is 3. The summed E-state index contributed by atoms with van der Waals surface area (Å²) in [4.78, 5) is 27.1. The standard InChI is InChI=1S/C24H27ClN4O3S/c1-5-29-15(4)20(22(30)32-14(2)3)21(28-24(29)33)16-6-10-18(11-7-16)26-23(31)27-19-12-8-17(25)9-13-19/h6-14,21H,5H2,1-4H3,(H,28,33)(H2,26,27,31). The lowest BCUT2D eigenvalue weighted by Gasteiger charge is -2.37. The topological polar surface area (TPSA) is 82.7 Å². The van der Waals surface area contributed by atoms with Crippen LogP contribution in [0.4, 0.5) is 16.2 Å². The third-order valence-corrected chi connectivity index (χ3v) is 5.67. The highest BCUT2D eigenvalue weighted by atomic mass is 35.5. The number of hydrogen-bond donors (Lipinski definition) is 3. The Hall–Kier alpha value is -3.10. The van der Waals surface area contributed by atoms with Crippen molar-refractivity contribution in [2.75, 3.05) is 17.2 Å². The first-order chi connectivity index (χ1) is 15.7. The number of urea groups is 1. The van der Waals surface area contributed by atoms with Crippen molar-refractivity contribution in [2.24, 2.45) is 0 Å². The minimum atomic E-state index is -0.455. The molecule has 3 N–H and O–H groups in total. The van der Waals surface area contributed by atoms with Crippen LogP contribution in [-0.2, 0) is 9.53 Å². The summed E-state index contributed by atoms with van der Waals surface area (Å²) >= 11 is 11.4. The van der Waals surface area contributed by atoms with E-state index in [0.29, 0.717) is 33.6 Å². The summed E-state index contributed by atoms with van der Waals surface area (Å²) in [5.41, 5.74) is 3.34. The number of anilines is 2. The molecule has 0 radical (unpaired) electrons. The van der Waals surface area contributed by atoms with E-state index in [0.717, 1.165) is 11.3 Å². The molecular weight excluding hydrogens is 460 g/mol. The summed E-state index contributed by atoms with van der Waals surface area (Å²) in [6, 6.07) is 13.2. The lowest BCUT2D eigenvalue weighted by Crippen LogP contribution is -2.47. The number of carbonyl (C=O) groups excluding carboxylic acids is 2. The molecule has 2 aromatic carbocycles. The molecule has 1 unspecified atom stereocenters. The van der Waals surface area contributed by atoms with Gasteiger partial charge in [-0.1, -0.05) is 23.7 Å². The van der Waals surface area contributed by atoms with Gasteiger partial charge in [0.15, 0.2) is 5.11 Å². The van der Waals surface area contributed by atoms with Crippen LogP contribution in [0.5, 0.6) is 0 Å². The van der Waals surface area contributed by atoms with Gasteiger partial charge >= 0.3 is 12.0 Å². The van der Waals surface area contributed by atoms with Gasteiger partial charge in [0.25, 0.3) is 0 Å². The second kappa shape index (κ2) is 10.7. The van der Waals surface area contributed by atoms with E-state index in [-0.39, 0.29) is 18.1 Å². The van der Waals surface area contributed by atoms with Gasteiger partial charge in [0.1, 0.15) is 0 Å². The molecule has 0 saturated carbocycles. The summed E-state index contributed by atoms with van der Waals surface area (Å²) in [5, 5.41) is 9.93. The zero-order valence-electron chi connectivity index (χ0n) is 18.9. The van der Waals surface area contributed by atoms with Crippen molar-refractivity contribution in [3.05, 3.63) is 70.4 Å². The molecule has 1 heterocycles. The summed E-state index contributed by atoms with van der Waals surface area (Å²) in [7, 11) is 0. The van der Waals surface area contributed by atoms with Crippen LogP contribution in [0.2, 0.25) is 5.02 Å². The van der Waals surface area contributed by atoms with Crippen molar-refractivity contribution in [1.29, 1.82) is 0 Å². The second-order valence-electron chi connectivity index (χ2n) is 7.79. The van der Waals surface area contributed by atoms with Gasteiger partial charge in [-0.25, -0.2) is 9.59 Å². The molecule has 0 bridgehead atoms. The van der Waals surface area contributed by atoms with E-state index >= 15 is 0 Å². The van der Waals surface area contributed by atoms with Crippen LogP contribution < -0.4 is 16.0 Å². The first-order valence-corrected chi connectivity index (χ1v) is 11.4. The number of thiocarbonyl (C=S) groups is 1. The van der Waals surface area contributed by atoms with Crippen molar-refractivity contribution in [3.8, 4) is 0 Å². The number of nitrogens with zero attached hydrogens (tertiary/aromatic N) is 1. The molecule has 0 fully saturated rings. The number of halogens is 1. The summed E-state index contributed by atoms with van der Waals surface area (Å²) in [6.07, 6.45) is -0.242. The Labute approximate surface area is 204 Å². The van der Waals surface area contributed by atoms with Crippen LogP contribution in [0.3, 0.4) is 0 Å². The number of allylic oxidation sites excluding steroid dienone is 1. The molecule has 1 aliphatic heterocycles. The predicted octanol–water partition coefficient (Wildman–Crippen LogP) is 5.46. The molecule has 2 aromatic rings. The highest BCUT2D eigenvalue weighted by Gasteiger charge is 2.34. The normalized spacial score (nSPS) is 15.9. The Kier molecular flexibility index (Phi) is 7.94. The van der Waals surface area contributed by atoms with E-state index in [4.69, 9.17) is 28.6 Å². The zero-order chi connectivity index (χ0) is 24.1. The van der Waals surface area contributed by atoms with Crippen molar-refractivity contribution in [3.63, 3.8) is 0 Å². The number of carbonyl (C=O) groups is 2. The molecule has 0 spiro atoms. The Morgan fingerprint density at radius 3 is 2.15 bits per heavy atom. The first kappa shape index (κ1) is 24.5. The molecule has 0 aromatic heterocycles. The Morgan fingerprint density at radius 2 is 1.64 bits per heavy atom. The molecule has 9 heteroatoms. The number of esters is 1. The van der Waals surface area contributed by atoms with E-state index in [2.05, 4.69) is 16.0 Å². The largest absolute Gasteiger partial charge is 0.459 e. The third kappa shape index (κ3) is 6.03. The van der Waals surface area contributed by atoms with Gasteiger partial charge in [0.05, 0.1) is 17.7 Å². The first-order valence-electron chi connectivity index (χ1n) is 10.6. The van der Waals surface area contributed by atoms with Gasteiger partial charge in [0.2, 0.25) is 0 Å². The molecule has 33 heavy (non-hydrogen) atoms. The molecule has 0 saturated heterocycles. The van der Waals surface area contributed by atoms with Crippen LogP contribution in [0.25, 0.3) is 0 Å². The number of benzene rings is 2. The molecule has 1 aliphatic rings. The molecule has 2 amide bonds. The Bertz CT molecular complexity index is 1070. The number of ether oxygens (including phenoxy) is 1. The maximum Gasteiger partial charge on any atom is 0.338 e. The highest BCUT2D eigenvalue weighted by molar-refractivity contribution is 7.80. The summed E-state index contributed by atoms with van der Waals surface area (Å²) in [5.74, 6) is -0.384. The number of amides is 2. The minimum absolute atomic E-state index is 0.242. The van der Waals surface area contributed by atoms with Gasteiger partial charge in [-0.2, -0.15) is 0 Å². The van der Waals surface area contributed by atoms with Crippen LogP contribution >= 0.6 is 23.8 Å². The lowest BCUT2D eigenvalue weighted by atomic mass is 9.94. The van der Waals surface area contributed by atoms with Crippen molar-refractivity contribution < 1.29 is 14.3 Å². The SMILES string of the molecule is CCN1C(=S)NC(c2ccc(NC(=O)Nc3ccc(Cl)cc3)cc2)C(C(=O)OC(C)C)=C1C. The van der Waals surface area contributed by atoms with E-state index in [9.17, 15) is 9.59 Å². The average molecular weight is 487 g/mol. The van der Waals surface area contributed by atoms with Gasteiger partial charge in [-0.05, 0) is 81.9 Å². The van der Waals surface area contributed by atoms with Crippen molar-refractivity contribution in [2.45, 2.75) is 39.8 Å². The molecular formula is C24H27ClN4O3S. The molecule has 174 valence electrons. The second-order valence-corrected chi connectivity index (χ2v) is 8.61. The van der Waals surface area contributed by atoms with Crippen LogP contribution in [0.1, 0.15) is 39.3 Å². The smallest absolute Gasteiger partial charge is 0.338 e. The fraction of sp³-hybridized carbons (Fsp3) is 0.292. The predicted molar refractivity (Wildman–Crippen MR) is 135 cm³/mol. The number of hydrogen-bond acceptors (Lipinski definition) is 4. The average Bonchev–Trinajstić information content (AvgIpc) is 2.75. The van der Waals surface area contributed by atoms with Crippen LogP contribution in [0, 0.1) is 0 Å². The fourth-order valence-electron chi connectivity index (χ4n) is 3.54. The van der Waals surface area contributed by atoms with Crippen molar-refractivity contribution in [1.82, 2.24) is 10.2 Å². The van der Waals surface area contributed by atoms with Crippen molar-refractivity contribution >= 4 is 52.3 Å². The number of rotatable bonds is 6. The van der Waals surface area contributed by atoms with Gasteiger partial charge in [0, 0.05) is 28.6 Å². The molecule has 7 nitrogen and oxygen atoms in total. The maximum atomic E-state index is 12.9. The van der Waals surface area contributed by atoms with Crippen LogP contribution in [-0.4, -0.2) is 34.7 Å². The van der Waals surface area contributed by atoms with Gasteiger partial charge < -0.3 is 25.6 Å². The highest BCUT2D eigenvalue weighted by Crippen LogP contribution is 2.32. The van der Waals surface area contributed by atoms with Crippen LogP contribution in [0.15, 0.2) is 59.8 Å². The summed E-state index contributed by atoms with van der Waals surface area (Å²) < 4.78 is 5.50. The maximum absolute atomic E-state index is 12.9. The minimum Gasteiger partial charge on any atom is -0.459 e. The molecule has 3 rings (SSSR count). The van der Waals surface area contributed by atoms with E-state index in [1.54, 1.807) is 36.4 Å². The third-order valence-electron chi connectivity index (χ3n) is 5.08. The Balaban J connectivity index is 1.79. The molecule has 0 aliphatic carbocycles. The monoisotopic (exact) mass is 486 g/mol. The van der Waals surface area contributed by atoms with Gasteiger partial charge in [-0.15, -0.1) is 0 Å². The fourth-order valence-corrected chi connectivity index (χ4v) is 4.05. The summed E-state index contributed by atoms with van der Waals surface area (Å²) in [6.45, 7) is 8.11. The zero-order valence-corrected chi connectivity index (χ0v) is 20.5. The van der Waals surface area contributed by atoms with E-state index in [1.807, 2.05) is 44.7 Å². The van der Waals surface area contributed by atoms with E-state index in [1.165, 1.54) is 0 Å². The van der Waals surface area contributed by atoms with E-state index < -0.39 is 6.04 Å². The Morgan fingerprint density at radius 1 is 1.09 bits per heavy atom. The lowest BCUT2D eigenvalue weighted by molar-refractivity contribution is -0.143.